The minimum absolute atomic E-state index is 0.332. The van der Waals surface area contributed by atoms with Gasteiger partial charge in [-0.3, -0.25) is 0 Å². The van der Waals surface area contributed by atoms with Crippen molar-refractivity contribution in [3.63, 3.8) is 0 Å². The van der Waals surface area contributed by atoms with Crippen molar-refractivity contribution in [2.24, 2.45) is 0 Å². The summed E-state index contributed by atoms with van der Waals surface area (Å²) < 4.78 is 5.50. The summed E-state index contributed by atoms with van der Waals surface area (Å²) >= 11 is 0. The second-order valence-corrected chi connectivity index (χ2v) is 3.97. The first kappa shape index (κ1) is 9.47. The standard InChI is InChI=1S/C13H16O/c1-10(2)13-12(14-13)9-8-11-6-4-3-5-7-11/h3-7,12-13H,1,8-9H2,2H3/t12-,13+/m1/s1. The first-order valence-corrected chi connectivity index (χ1v) is 5.12. The van der Waals surface area contributed by atoms with Crippen LogP contribution in [-0.4, -0.2) is 12.2 Å². The van der Waals surface area contributed by atoms with Crippen LogP contribution in [0.15, 0.2) is 42.5 Å². The zero-order chi connectivity index (χ0) is 9.97. The predicted molar refractivity (Wildman–Crippen MR) is 58.2 cm³/mol. The molecule has 0 unspecified atom stereocenters. The van der Waals surface area contributed by atoms with Gasteiger partial charge < -0.3 is 4.74 Å². The Bertz CT molecular complexity index is 315. The monoisotopic (exact) mass is 188 g/mol. The largest absolute Gasteiger partial charge is 0.365 e. The fraction of sp³-hybridized carbons (Fsp3) is 0.385. The van der Waals surface area contributed by atoms with Crippen LogP contribution >= 0.6 is 0 Å². The molecule has 0 spiro atoms. The summed E-state index contributed by atoms with van der Waals surface area (Å²) in [7, 11) is 0. The molecule has 1 heterocycles. The third-order valence-electron chi connectivity index (χ3n) is 2.63. The number of aryl methyl sites for hydroxylation is 1. The van der Waals surface area contributed by atoms with Gasteiger partial charge in [0.1, 0.15) is 6.10 Å². The summed E-state index contributed by atoms with van der Waals surface area (Å²) in [5, 5.41) is 0. The average Bonchev–Trinajstić information content (AvgIpc) is 2.96. The van der Waals surface area contributed by atoms with Gasteiger partial charge in [0.2, 0.25) is 0 Å². The van der Waals surface area contributed by atoms with Gasteiger partial charge in [0.15, 0.2) is 0 Å². The van der Waals surface area contributed by atoms with Crippen LogP contribution in [0.4, 0.5) is 0 Å². The molecule has 74 valence electrons. The Morgan fingerprint density at radius 2 is 2.07 bits per heavy atom. The van der Waals surface area contributed by atoms with E-state index in [9.17, 15) is 0 Å². The molecule has 0 amide bonds. The van der Waals surface area contributed by atoms with Crippen molar-refractivity contribution in [2.45, 2.75) is 32.0 Å². The molecule has 0 N–H and O–H groups in total. The van der Waals surface area contributed by atoms with Crippen LogP contribution in [0, 0.1) is 0 Å². The Kier molecular flexibility index (Phi) is 2.69. The van der Waals surface area contributed by atoms with E-state index in [1.807, 2.05) is 13.0 Å². The van der Waals surface area contributed by atoms with E-state index < -0.39 is 0 Å². The highest BCUT2D eigenvalue weighted by atomic mass is 16.6. The summed E-state index contributed by atoms with van der Waals surface area (Å²) in [5.41, 5.74) is 2.55. The highest BCUT2D eigenvalue weighted by Crippen LogP contribution is 2.31. The summed E-state index contributed by atoms with van der Waals surface area (Å²) in [5.74, 6) is 0. The van der Waals surface area contributed by atoms with Gasteiger partial charge in [-0.2, -0.15) is 0 Å². The van der Waals surface area contributed by atoms with E-state index in [-0.39, 0.29) is 0 Å². The van der Waals surface area contributed by atoms with Crippen molar-refractivity contribution < 1.29 is 4.74 Å². The number of epoxide rings is 1. The molecule has 1 aromatic carbocycles. The van der Waals surface area contributed by atoms with E-state index in [0.717, 1.165) is 18.4 Å². The zero-order valence-electron chi connectivity index (χ0n) is 8.57. The maximum absolute atomic E-state index is 5.50. The first-order valence-electron chi connectivity index (χ1n) is 5.12. The van der Waals surface area contributed by atoms with Gasteiger partial charge in [-0.05, 0) is 30.9 Å². The molecule has 1 fully saturated rings. The van der Waals surface area contributed by atoms with Gasteiger partial charge in [-0.25, -0.2) is 0 Å². The molecule has 1 heteroatoms. The third-order valence-corrected chi connectivity index (χ3v) is 2.63. The van der Waals surface area contributed by atoms with E-state index in [0.29, 0.717) is 12.2 Å². The molecule has 0 aliphatic carbocycles. The molecular weight excluding hydrogens is 172 g/mol. The molecular formula is C13H16O. The molecule has 14 heavy (non-hydrogen) atoms. The topological polar surface area (TPSA) is 12.5 Å². The molecule has 0 radical (unpaired) electrons. The lowest BCUT2D eigenvalue weighted by molar-refractivity contribution is 0.375. The minimum Gasteiger partial charge on any atom is -0.365 e. The molecule has 2 rings (SSSR count). The van der Waals surface area contributed by atoms with Gasteiger partial charge >= 0.3 is 0 Å². The Hall–Kier alpha value is -1.08. The Balaban J connectivity index is 1.77. The number of hydrogen-bond acceptors (Lipinski definition) is 1. The molecule has 1 saturated heterocycles. The maximum Gasteiger partial charge on any atom is 0.105 e. The van der Waals surface area contributed by atoms with Crippen molar-refractivity contribution >= 4 is 0 Å². The van der Waals surface area contributed by atoms with Crippen molar-refractivity contribution in [1.82, 2.24) is 0 Å². The lowest BCUT2D eigenvalue weighted by atomic mass is 10.1. The predicted octanol–water partition coefficient (Wildman–Crippen LogP) is 2.96. The van der Waals surface area contributed by atoms with Gasteiger partial charge in [0.25, 0.3) is 0 Å². The maximum atomic E-state index is 5.50. The number of ether oxygens (including phenoxy) is 1. The van der Waals surface area contributed by atoms with Crippen LogP contribution in [-0.2, 0) is 11.2 Å². The first-order chi connectivity index (χ1) is 6.77. The fourth-order valence-electron chi connectivity index (χ4n) is 1.75. The smallest absolute Gasteiger partial charge is 0.105 e. The summed E-state index contributed by atoms with van der Waals surface area (Å²) in [4.78, 5) is 0. The highest BCUT2D eigenvalue weighted by molar-refractivity contribution is 5.16. The molecule has 1 nitrogen and oxygen atoms in total. The van der Waals surface area contributed by atoms with Crippen LogP contribution in [0.1, 0.15) is 18.9 Å². The minimum atomic E-state index is 0.332. The van der Waals surface area contributed by atoms with Crippen LogP contribution in [0.2, 0.25) is 0 Å². The van der Waals surface area contributed by atoms with Crippen LogP contribution < -0.4 is 0 Å². The molecule has 1 aliphatic rings. The number of rotatable bonds is 4. The van der Waals surface area contributed by atoms with Crippen LogP contribution in [0.25, 0.3) is 0 Å². The lowest BCUT2D eigenvalue weighted by Crippen LogP contribution is -1.96. The Morgan fingerprint density at radius 1 is 1.36 bits per heavy atom. The Labute approximate surface area is 85.4 Å². The second-order valence-electron chi connectivity index (χ2n) is 3.97. The normalized spacial score (nSPS) is 24.6. The van der Waals surface area contributed by atoms with E-state index in [1.165, 1.54) is 5.56 Å². The molecule has 2 atom stereocenters. The second kappa shape index (κ2) is 3.97. The van der Waals surface area contributed by atoms with Gasteiger partial charge in [-0.1, -0.05) is 36.9 Å². The molecule has 0 aromatic heterocycles. The van der Waals surface area contributed by atoms with Crippen molar-refractivity contribution in [2.75, 3.05) is 0 Å². The Morgan fingerprint density at radius 3 is 2.64 bits per heavy atom. The van der Waals surface area contributed by atoms with E-state index in [1.54, 1.807) is 0 Å². The van der Waals surface area contributed by atoms with Crippen LogP contribution in [0.3, 0.4) is 0 Å². The van der Waals surface area contributed by atoms with Gasteiger partial charge in [0.05, 0.1) is 6.10 Å². The summed E-state index contributed by atoms with van der Waals surface area (Å²) in [6.07, 6.45) is 2.98. The molecule has 1 aromatic rings. The number of benzene rings is 1. The lowest BCUT2D eigenvalue weighted by Gasteiger charge is -1.97. The molecule has 1 aliphatic heterocycles. The zero-order valence-corrected chi connectivity index (χ0v) is 8.57. The van der Waals surface area contributed by atoms with Crippen LogP contribution in [0.5, 0.6) is 0 Å². The number of hydrogen-bond donors (Lipinski definition) is 0. The van der Waals surface area contributed by atoms with Gasteiger partial charge in [0, 0.05) is 0 Å². The average molecular weight is 188 g/mol. The van der Waals surface area contributed by atoms with E-state index in [4.69, 9.17) is 4.74 Å². The van der Waals surface area contributed by atoms with Gasteiger partial charge in [-0.15, -0.1) is 0 Å². The third kappa shape index (κ3) is 2.24. The van der Waals surface area contributed by atoms with Crippen molar-refractivity contribution in [3.05, 3.63) is 48.0 Å². The molecule has 0 bridgehead atoms. The van der Waals surface area contributed by atoms with E-state index >= 15 is 0 Å². The fourth-order valence-corrected chi connectivity index (χ4v) is 1.75. The SMILES string of the molecule is C=C(C)[C@@H]1O[C@@H]1CCc1ccccc1. The van der Waals surface area contributed by atoms with Crippen molar-refractivity contribution in [1.29, 1.82) is 0 Å². The highest BCUT2D eigenvalue weighted by Gasteiger charge is 2.38. The van der Waals surface area contributed by atoms with Crippen molar-refractivity contribution in [3.8, 4) is 0 Å². The quantitative estimate of drug-likeness (QED) is 0.522. The van der Waals surface area contributed by atoms with E-state index in [2.05, 4.69) is 30.8 Å². The molecule has 0 saturated carbocycles. The summed E-state index contributed by atoms with van der Waals surface area (Å²) in [6, 6.07) is 10.5. The summed E-state index contributed by atoms with van der Waals surface area (Å²) in [6.45, 7) is 5.93.